The third kappa shape index (κ3) is 2.99. The summed E-state index contributed by atoms with van der Waals surface area (Å²) in [5, 5.41) is 4.74. The Kier molecular flexibility index (Phi) is 3.74. The molecular weight excluding hydrogens is 312 g/mol. The van der Waals surface area contributed by atoms with E-state index in [9.17, 15) is 4.79 Å². The first-order chi connectivity index (χ1) is 12.2. The highest BCUT2D eigenvalue weighted by molar-refractivity contribution is 5.77. The number of carbonyl (C=O) groups excluding carboxylic acids is 1. The Hall–Kier alpha value is -3.47. The summed E-state index contributed by atoms with van der Waals surface area (Å²) in [7, 11) is 0. The van der Waals surface area contributed by atoms with Crippen molar-refractivity contribution in [2.75, 3.05) is 0 Å². The summed E-state index contributed by atoms with van der Waals surface area (Å²) in [5.41, 5.74) is 10.7. The fourth-order valence-electron chi connectivity index (χ4n) is 2.87. The molecule has 0 aliphatic rings. The van der Waals surface area contributed by atoms with Crippen LogP contribution in [-0.2, 0) is 11.2 Å². The number of primary amides is 1. The lowest BCUT2D eigenvalue weighted by Gasteiger charge is -2.06. The Morgan fingerprint density at radius 2 is 1.76 bits per heavy atom. The largest absolute Gasteiger partial charge is 0.369 e. The molecule has 122 valence electrons. The van der Waals surface area contributed by atoms with Gasteiger partial charge in [0, 0.05) is 11.1 Å². The van der Waals surface area contributed by atoms with Gasteiger partial charge in [0.05, 0.1) is 24.0 Å². The first kappa shape index (κ1) is 15.1. The zero-order valence-corrected chi connectivity index (χ0v) is 13.5. The summed E-state index contributed by atoms with van der Waals surface area (Å²) in [5.74, 6) is -0.346. The molecule has 0 saturated carbocycles. The van der Waals surface area contributed by atoms with Gasteiger partial charge >= 0.3 is 0 Å². The maximum Gasteiger partial charge on any atom is 0.221 e. The number of imidazole rings is 1. The van der Waals surface area contributed by atoms with Crippen LogP contribution in [-0.4, -0.2) is 20.5 Å². The van der Waals surface area contributed by atoms with Crippen LogP contribution in [0, 0.1) is 0 Å². The van der Waals surface area contributed by atoms with Crippen molar-refractivity contribution in [1.29, 1.82) is 0 Å². The normalized spacial score (nSPS) is 10.9. The maximum absolute atomic E-state index is 11.2. The van der Waals surface area contributed by atoms with Gasteiger partial charge in [-0.2, -0.15) is 5.10 Å². The van der Waals surface area contributed by atoms with Crippen molar-refractivity contribution in [3.63, 3.8) is 0 Å². The quantitative estimate of drug-likeness (QED) is 0.625. The second-order valence-corrected chi connectivity index (χ2v) is 5.84. The molecule has 0 aliphatic carbocycles. The Morgan fingerprint density at radius 1 is 0.960 bits per heavy atom. The molecule has 2 aromatic carbocycles. The van der Waals surface area contributed by atoms with Crippen LogP contribution in [0.5, 0.6) is 0 Å². The van der Waals surface area contributed by atoms with Gasteiger partial charge in [-0.25, -0.2) is 9.50 Å². The van der Waals surface area contributed by atoms with Crippen LogP contribution in [0.3, 0.4) is 0 Å². The number of hydrogen-bond donors (Lipinski definition) is 1. The average Bonchev–Trinajstić information content (AvgIpc) is 3.05. The molecule has 0 saturated heterocycles. The fraction of sp³-hybridized carbons (Fsp3) is 0.0500. The molecule has 0 spiro atoms. The predicted octanol–water partition coefficient (Wildman–Crippen LogP) is 3.09. The highest BCUT2D eigenvalue weighted by Gasteiger charge is 2.09. The highest BCUT2D eigenvalue weighted by atomic mass is 16.1. The van der Waals surface area contributed by atoms with Gasteiger partial charge in [0.15, 0.2) is 5.65 Å². The van der Waals surface area contributed by atoms with Crippen LogP contribution in [0.15, 0.2) is 72.9 Å². The van der Waals surface area contributed by atoms with Gasteiger partial charge in [-0.3, -0.25) is 4.79 Å². The van der Waals surface area contributed by atoms with Crippen molar-refractivity contribution in [3.05, 3.63) is 78.5 Å². The van der Waals surface area contributed by atoms with Gasteiger partial charge in [0.2, 0.25) is 5.91 Å². The second kappa shape index (κ2) is 6.20. The molecule has 5 heteroatoms. The van der Waals surface area contributed by atoms with Gasteiger partial charge < -0.3 is 5.73 Å². The summed E-state index contributed by atoms with van der Waals surface area (Å²) in [6, 6.07) is 21.6. The molecule has 0 atom stereocenters. The van der Waals surface area contributed by atoms with Gasteiger partial charge in [0.1, 0.15) is 0 Å². The van der Waals surface area contributed by atoms with Crippen LogP contribution in [0.2, 0.25) is 0 Å². The summed E-state index contributed by atoms with van der Waals surface area (Å²) in [6.07, 6.45) is 2.04. The Balaban J connectivity index is 1.80. The van der Waals surface area contributed by atoms with E-state index in [1.165, 1.54) is 0 Å². The van der Waals surface area contributed by atoms with Crippen molar-refractivity contribution in [1.82, 2.24) is 14.6 Å². The number of aromatic nitrogens is 3. The first-order valence-corrected chi connectivity index (χ1v) is 7.98. The SMILES string of the molecule is NC(=O)Cc1cccc(-c2ccc3ncc(-c4ccccc4)n3n2)c1. The van der Waals surface area contributed by atoms with Crippen molar-refractivity contribution < 1.29 is 4.79 Å². The van der Waals surface area contributed by atoms with Gasteiger partial charge in [-0.05, 0) is 23.8 Å². The van der Waals surface area contributed by atoms with Crippen LogP contribution in [0.1, 0.15) is 5.56 Å². The Labute approximate surface area is 144 Å². The minimum atomic E-state index is -0.346. The van der Waals surface area contributed by atoms with E-state index in [0.717, 1.165) is 33.7 Å². The number of benzene rings is 2. The van der Waals surface area contributed by atoms with Gasteiger partial charge in [-0.1, -0.05) is 48.5 Å². The second-order valence-electron chi connectivity index (χ2n) is 5.84. The molecule has 25 heavy (non-hydrogen) atoms. The van der Waals surface area contributed by atoms with Crippen molar-refractivity contribution >= 4 is 11.6 Å². The van der Waals surface area contributed by atoms with Crippen molar-refractivity contribution in [3.8, 4) is 22.5 Å². The number of rotatable bonds is 4. The lowest BCUT2D eigenvalue weighted by Crippen LogP contribution is -2.13. The van der Waals surface area contributed by atoms with Crippen LogP contribution in [0.25, 0.3) is 28.2 Å². The minimum Gasteiger partial charge on any atom is -0.369 e. The molecule has 2 heterocycles. The zero-order valence-electron chi connectivity index (χ0n) is 13.5. The number of fused-ring (bicyclic) bond motifs is 1. The third-order valence-electron chi connectivity index (χ3n) is 4.03. The van der Waals surface area contributed by atoms with E-state index in [0.29, 0.717) is 0 Å². The first-order valence-electron chi connectivity index (χ1n) is 7.98. The van der Waals surface area contributed by atoms with Gasteiger partial charge in [0.25, 0.3) is 0 Å². The van der Waals surface area contributed by atoms with Crippen LogP contribution >= 0.6 is 0 Å². The molecule has 2 N–H and O–H groups in total. The molecule has 0 fully saturated rings. The summed E-state index contributed by atoms with van der Waals surface area (Å²) >= 11 is 0. The molecular formula is C20H16N4O. The Bertz CT molecular complexity index is 1050. The number of nitrogens with zero attached hydrogens (tertiary/aromatic N) is 3. The molecule has 0 unspecified atom stereocenters. The molecule has 0 aliphatic heterocycles. The standard InChI is InChI=1S/C20H16N4O/c21-19(25)12-14-5-4-8-16(11-14)17-9-10-20-22-13-18(24(20)23-17)15-6-2-1-3-7-15/h1-11,13H,12H2,(H2,21,25). The van der Waals surface area contributed by atoms with E-state index in [2.05, 4.69) is 4.98 Å². The monoisotopic (exact) mass is 328 g/mol. The highest BCUT2D eigenvalue weighted by Crippen LogP contribution is 2.23. The number of amides is 1. The Morgan fingerprint density at radius 3 is 2.56 bits per heavy atom. The van der Waals surface area contributed by atoms with E-state index < -0.39 is 0 Å². The molecule has 0 bridgehead atoms. The van der Waals surface area contributed by atoms with Crippen LogP contribution in [0.4, 0.5) is 0 Å². The number of nitrogens with two attached hydrogens (primary N) is 1. The number of hydrogen-bond acceptors (Lipinski definition) is 3. The third-order valence-corrected chi connectivity index (χ3v) is 4.03. The summed E-state index contributed by atoms with van der Waals surface area (Å²) in [6.45, 7) is 0. The van der Waals surface area contributed by atoms with Crippen molar-refractivity contribution in [2.24, 2.45) is 5.73 Å². The lowest BCUT2D eigenvalue weighted by molar-refractivity contribution is -0.117. The average molecular weight is 328 g/mol. The molecule has 5 nitrogen and oxygen atoms in total. The molecule has 4 rings (SSSR count). The smallest absolute Gasteiger partial charge is 0.221 e. The van der Waals surface area contributed by atoms with E-state index in [1.807, 2.05) is 77.4 Å². The number of carbonyl (C=O) groups is 1. The fourth-order valence-corrected chi connectivity index (χ4v) is 2.87. The van der Waals surface area contributed by atoms with Gasteiger partial charge in [-0.15, -0.1) is 0 Å². The van der Waals surface area contributed by atoms with Crippen LogP contribution < -0.4 is 5.73 Å². The van der Waals surface area contributed by atoms with E-state index in [-0.39, 0.29) is 12.3 Å². The minimum absolute atomic E-state index is 0.219. The molecule has 4 aromatic rings. The van der Waals surface area contributed by atoms with Crippen molar-refractivity contribution in [2.45, 2.75) is 6.42 Å². The predicted molar refractivity (Wildman–Crippen MR) is 96.8 cm³/mol. The topological polar surface area (TPSA) is 73.3 Å². The van der Waals surface area contributed by atoms with E-state index >= 15 is 0 Å². The molecule has 2 aromatic heterocycles. The molecule has 0 radical (unpaired) electrons. The molecule has 1 amide bonds. The van der Waals surface area contributed by atoms with E-state index in [1.54, 1.807) is 0 Å². The maximum atomic E-state index is 11.2. The summed E-state index contributed by atoms with van der Waals surface area (Å²) in [4.78, 5) is 15.6. The lowest BCUT2D eigenvalue weighted by atomic mass is 10.1. The van der Waals surface area contributed by atoms with E-state index in [4.69, 9.17) is 10.8 Å². The summed E-state index contributed by atoms with van der Waals surface area (Å²) < 4.78 is 1.84. The zero-order chi connectivity index (χ0) is 17.2.